The number of anilines is 1. The highest BCUT2D eigenvalue weighted by Crippen LogP contribution is 2.03. The van der Waals surface area contributed by atoms with Crippen LogP contribution in [0.5, 0.6) is 0 Å². The summed E-state index contributed by atoms with van der Waals surface area (Å²) in [5.74, 6) is 0. The van der Waals surface area contributed by atoms with E-state index >= 15 is 0 Å². The van der Waals surface area contributed by atoms with Crippen molar-refractivity contribution in [3.05, 3.63) is 55.1 Å². The Balaban J connectivity index is 2.28. The average Bonchev–Trinajstić information content (AvgIpc) is 2.25. The molecule has 2 nitrogen and oxygen atoms in total. The first-order valence-corrected chi connectivity index (χ1v) is 4.59. The molecule has 0 bridgehead atoms. The molecule has 74 valence electrons. The topological polar surface area (TPSA) is 32.3 Å². The van der Waals surface area contributed by atoms with Crippen molar-refractivity contribution in [2.75, 3.05) is 11.9 Å². The number of hydrogen-bond acceptors (Lipinski definition) is 2. The molecule has 1 aromatic rings. The third-order valence-electron chi connectivity index (χ3n) is 1.77. The fourth-order valence-corrected chi connectivity index (χ4v) is 1.02. The van der Waals surface area contributed by atoms with E-state index < -0.39 is 6.10 Å². The van der Waals surface area contributed by atoms with Gasteiger partial charge in [-0.1, -0.05) is 36.4 Å². The summed E-state index contributed by atoms with van der Waals surface area (Å²) >= 11 is 0. The number of aliphatic hydroxyl groups is 1. The van der Waals surface area contributed by atoms with Crippen molar-refractivity contribution < 1.29 is 5.11 Å². The van der Waals surface area contributed by atoms with Gasteiger partial charge in [0, 0.05) is 12.2 Å². The highest BCUT2D eigenvalue weighted by atomic mass is 16.3. The van der Waals surface area contributed by atoms with Gasteiger partial charge in [0.05, 0.1) is 6.10 Å². The minimum absolute atomic E-state index is 0.549. The predicted octanol–water partition coefficient (Wildman–Crippen LogP) is 2.20. The molecule has 0 heterocycles. The van der Waals surface area contributed by atoms with Crippen LogP contribution in [0.1, 0.15) is 0 Å². The van der Waals surface area contributed by atoms with Crippen LogP contribution in [0, 0.1) is 0 Å². The number of hydrogen-bond donors (Lipinski definition) is 2. The van der Waals surface area contributed by atoms with Gasteiger partial charge in [0.25, 0.3) is 0 Å². The van der Waals surface area contributed by atoms with Crippen LogP contribution < -0.4 is 5.32 Å². The standard InChI is InChI=1S/C12H15NO/c1-2-12(14)9-6-10-13-11-7-4-3-5-8-11/h2-9,12-14H,1,10H2/b9-6-. The van der Waals surface area contributed by atoms with Crippen molar-refractivity contribution in [3.63, 3.8) is 0 Å². The van der Waals surface area contributed by atoms with Gasteiger partial charge in [-0.2, -0.15) is 0 Å². The fourth-order valence-electron chi connectivity index (χ4n) is 1.02. The highest BCUT2D eigenvalue weighted by Gasteiger charge is 1.88. The maximum atomic E-state index is 9.12. The van der Waals surface area contributed by atoms with Crippen LogP contribution in [0.15, 0.2) is 55.1 Å². The minimum atomic E-state index is -0.549. The molecule has 2 heteroatoms. The highest BCUT2D eigenvalue weighted by molar-refractivity contribution is 5.42. The summed E-state index contributed by atoms with van der Waals surface area (Å²) < 4.78 is 0. The van der Waals surface area contributed by atoms with E-state index in [1.165, 1.54) is 6.08 Å². The molecule has 0 spiro atoms. The van der Waals surface area contributed by atoms with Gasteiger partial charge in [0.1, 0.15) is 0 Å². The quantitative estimate of drug-likeness (QED) is 0.696. The number of rotatable bonds is 5. The van der Waals surface area contributed by atoms with Crippen molar-refractivity contribution in [1.82, 2.24) is 0 Å². The van der Waals surface area contributed by atoms with Crippen LogP contribution >= 0.6 is 0 Å². The Labute approximate surface area is 84.6 Å². The van der Waals surface area contributed by atoms with Gasteiger partial charge in [0.2, 0.25) is 0 Å². The fraction of sp³-hybridized carbons (Fsp3) is 0.167. The maximum Gasteiger partial charge on any atom is 0.0900 e. The van der Waals surface area contributed by atoms with Crippen LogP contribution in [-0.4, -0.2) is 17.8 Å². The van der Waals surface area contributed by atoms with Gasteiger partial charge < -0.3 is 10.4 Å². The third kappa shape index (κ3) is 3.92. The number of para-hydroxylation sites is 1. The molecule has 0 saturated carbocycles. The molecule has 0 fully saturated rings. The average molecular weight is 189 g/mol. The predicted molar refractivity (Wildman–Crippen MR) is 60.3 cm³/mol. The Morgan fingerprint density at radius 1 is 1.36 bits per heavy atom. The molecule has 0 radical (unpaired) electrons. The molecule has 1 atom stereocenters. The molecule has 14 heavy (non-hydrogen) atoms. The van der Waals surface area contributed by atoms with E-state index in [9.17, 15) is 0 Å². The maximum absolute atomic E-state index is 9.12. The molecule has 1 unspecified atom stereocenters. The Hall–Kier alpha value is -1.54. The summed E-state index contributed by atoms with van der Waals surface area (Å²) in [6, 6.07) is 9.92. The van der Waals surface area contributed by atoms with Crippen molar-refractivity contribution in [1.29, 1.82) is 0 Å². The first kappa shape index (κ1) is 10.5. The van der Waals surface area contributed by atoms with Crippen LogP contribution in [-0.2, 0) is 0 Å². The number of nitrogens with one attached hydrogen (secondary N) is 1. The molecule has 0 aromatic heterocycles. The van der Waals surface area contributed by atoms with Gasteiger partial charge in [-0.15, -0.1) is 6.58 Å². The summed E-state index contributed by atoms with van der Waals surface area (Å²) in [6.07, 6.45) is 4.51. The molecule has 0 aliphatic rings. The van der Waals surface area contributed by atoms with Crippen molar-refractivity contribution in [3.8, 4) is 0 Å². The van der Waals surface area contributed by atoms with Gasteiger partial charge in [-0.05, 0) is 12.1 Å². The van der Waals surface area contributed by atoms with Crippen LogP contribution in [0.3, 0.4) is 0 Å². The van der Waals surface area contributed by atoms with Crippen molar-refractivity contribution in [2.24, 2.45) is 0 Å². The third-order valence-corrected chi connectivity index (χ3v) is 1.77. The van der Waals surface area contributed by atoms with E-state index in [0.29, 0.717) is 6.54 Å². The Bertz CT molecular complexity index is 292. The second-order valence-electron chi connectivity index (χ2n) is 2.90. The summed E-state index contributed by atoms with van der Waals surface area (Å²) in [4.78, 5) is 0. The van der Waals surface area contributed by atoms with E-state index in [1.807, 2.05) is 36.4 Å². The van der Waals surface area contributed by atoms with Gasteiger partial charge in [-0.25, -0.2) is 0 Å². The smallest absolute Gasteiger partial charge is 0.0900 e. The molecular formula is C12H15NO. The van der Waals surface area contributed by atoms with E-state index in [2.05, 4.69) is 11.9 Å². The number of benzene rings is 1. The second kappa shape index (κ2) is 6.00. The van der Waals surface area contributed by atoms with Gasteiger partial charge in [0.15, 0.2) is 0 Å². The number of aliphatic hydroxyl groups excluding tert-OH is 1. The van der Waals surface area contributed by atoms with Gasteiger partial charge in [-0.3, -0.25) is 0 Å². The lowest BCUT2D eigenvalue weighted by atomic mass is 10.3. The summed E-state index contributed by atoms with van der Waals surface area (Å²) in [6.45, 7) is 4.18. The van der Waals surface area contributed by atoms with Crippen LogP contribution in [0.2, 0.25) is 0 Å². The molecule has 0 aliphatic carbocycles. The first-order valence-electron chi connectivity index (χ1n) is 4.59. The molecular weight excluding hydrogens is 174 g/mol. The first-order chi connectivity index (χ1) is 6.83. The van der Waals surface area contributed by atoms with Crippen LogP contribution in [0.4, 0.5) is 5.69 Å². The second-order valence-corrected chi connectivity index (χ2v) is 2.90. The monoisotopic (exact) mass is 189 g/mol. The van der Waals surface area contributed by atoms with Crippen molar-refractivity contribution in [2.45, 2.75) is 6.10 Å². The molecule has 0 saturated heterocycles. The zero-order chi connectivity index (χ0) is 10.2. The Morgan fingerprint density at radius 2 is 2.07 bits per heavy atom. The zero-order valence-electron chi connectivity index (χ0n) is 8.06. The Kier molecular flexibility index (Phi) is 4.51. The summed E-state index contributed by atoms with van der Waals surface area (Å²) in [5.41, 5.74) is 1.07. The molecule has 0 aliphatic heterocycles. The molecule has 1 aromatic carbocycles. The van der Waals surface area contributed by atoms with Gasteiger partial charge >= 0.3 is 0 Å². The summed E-state index contributed by atoms with van der Waals surface area (Å²) in [7, 11) is 0. The van der Waals surface area contributed by atoms with Crippen LogP contribution in [0.25, 0.3) is 0 Å². The lowest BCUT2D eigenvalue weighted by Gasteiger charge is -2.02. The van der Waals surface area contributed by atoms with E-state index in [0.717, 1.165) is 5.69 Å². The molecule has 1 rings (SSSR count). The molecule has 2 N–H and O–H groups in total. The summed E-state index contributed by atoms with van der Waals surface area (Å²) in [5, 5.41) is 12.3. The zero-order valence-corrected chi connectivity index (χ0v) is 8.06. The van der Waals surface area contributed by atoms with Crippen molar-refractivity contribution >= 4 is 5.69 Å². The Morgan fingerprint density at radius 3 is 2.71 bits per heavy atom. The lowest BCUT2D eigenvalue weighted by molar-refractivity contribution is 0.272. The largest absolute Gasteiger partial charge is 0.385 e. The SMILES string of the molecule is C=CC(O)/C=C\CNc1ccccc1. The van der Waals surface area contributed by atoms with E-state index in [4.69, 9.17) is 5.11 Å². The minimum Gasteiger partial charge on any atom is -0.385 e. The van der Waals surface area contributed by atoms with E-state index in [-0.39, 0.29) is 0 Å². The molecule has 0 amide bonds. The van der Waals surface area contributed by atoms with E-state index in [1.54, 1.807) is 6.08 Å². The lowest BCUT2D eigenvalue weighted by Crippen LogP contribution is -2.00. The normalized spacial score (nSPS) is 12.6.